The second-order valence-corrected chi connectivity index (χ2v) is 17.1. The maximum atomic E-state index is 14.6. The van der Waals surface area contributed by atoms with Gasteiger partial charge in [0.05, 0.1) is 16.4 Å². The van der Waals surface area contributed by atoms with Crippen LogP contribution in [0.1, 0.15) is 117 Å². The zero-order valence-corrected chi connectivity index (χ0v) is 29.5. The molecule has 4 bridgehead atoms. The van der Waals surface area contributed by atoms with Crippen molar-refractivity contribution >= 4 is 34.8 Å². The first-order valence-electron chi connectivity index (χ1n) is 17.5. The van der Waals surface area contributed by atoms with Gasteiger partial charge in [-0.15, -0.1) is 0 Å². The van der Waals surface area contributed by atoms with E-state index in [1.807, 2.05) is 33.8 Å². The molecule has 4 fully saturated rings. The monoisotopic (exact) mass is 676 g/mol. The SMILES string of the molecule is CC1(C)Oc2ccc3c4c(c(=O)oc3c2[C@@H](OC(=O)C23CCC(C)(C(=O)O2)C3(C)C)[C@H]1OC(=O)C12CCC(C)(C(=O)O1)C2(C)C)CCCC4. The van der Waals surface area contributed by atoms with Crippen LogP contribution in [0.25, 0.3) is 11.0 Å². The fraction of sp³-hybridized carbons (Fsp3) is 0.658. The van der Waals surface area contributed by atoms with Crippen LogP contribution in [-0.2, 0) is 51.0 Å². The first-order valence-corrected chi connectivity index (χ1v) is 17.5. The van der Waals surface area contributed by atoms with Crippen molar-refractivity contribution in [3.05, 3.63) is 39.2 Å². The molecular weight excluding hydrogens is 632 g/mol. The standard InChI is InChI=1S/C38H44O11/c1-32(2)26(46-31(43)38-18-16-36(8,29(41)49-38)34(38,5)6)25(45-30(42)37-17-15-35(7,28(40)48-37)33(37,3)4)23-22(47-32)14-13-20-19-11-9-10-12-21(19)27(39)44-24(20)23/h13-14,25-26H,9-12,15-18H2,1-8H3/t25-,26-,35?,36?,37?,38?/m1/s1. The van der Waals surface area contributed by atoms with Gasteiger partial charge in [-0.2, -0.15) is 0 Å². The third-order valence-electron chi connectivity index (χ3n) is 14.3. The van der Waals surface area contributed by atoms with Gasteiger partial charge in [-0.1, -0.05) is 27.7 Å². The number of esters is 4. The maximum absolute atomic E-state index is 14.6. The molecule has 6 atom stereocenters. The van der Waals surface area contributed by atoms with E-state index in [0.717, 1.165) is 18.4 Å². The second kappa shape index (κ2) is 9.46. The molecule has 3 aliphatic heterocycles. The Morgan fingerprint density at radius 2 is 1.22 bits per heavy atom. The van der Waals surface area contributed by atoms with E-state index in [1.165, 1.54) is 0 Å². The fourth-order valence-electron chi connectivity index (χ4n) is 9.88. The third kappa shape index (κ3) is 3.61. The van der Waals surface area contributed by atoms with Crippen molar-refractivity contribution in [2.75, 3.05) is 0 Å². The predicted octanol–water partition coefficient (Wildman–Crippen LogP) is 5.58. The molecule has 4 unspecified atom stereocenters. The lowest BCUT2D eigenvalue weighted by atomic mass is 9.66. The van der Waals surface area contributed by atoms with Crippen molar-refractivity contribution in [3.8, 4) is 5.75 Å². The van der Waals surface area contributed by atoms with Gasteiger partial charge < -0.3 is 28.1 Å². The maximum Gasteiger partial charge on any atom is 0.351 e. The molecule has 3 aliphatic carbocycles. The van der Waals surface area contributed by atoms with Gasteiger partial charge in [0, 0.05) is 21.8 Å². The van der Waals surface area contributed by atoms with Crippen LogP contribution in [0.3, 0.4) is 0 Å². The number of benzene rings is 1. The highest BCUT2D eigenvalue weighted by molar-refractivity contribution is 5.95. The molecule has 6 aliphatic rings. The lowest BCUT2D eigenvalue weighted by Crippen LogP contribution is -2.57. The summed E-state index contributed by atoms with van der Waals surface area (Å²) in [6.45, 7) is 14.4. The Bertz CT molecular complexity index is 1950. The second-order valence-electron chi connectivity index (χ2n) is 17.1. The zero-order valence-electron chi connectivity index (χ0n) is 29.5. The van der Waals surface area contributed by atoms with Crippen molar-refractivity contribution in [2.45, 2.75) is 136 Å². The van der Waals surface area contributed by atoms with E-state index in [1.54, 1.807) is 33.8 Å². The van der Waals surface area contributed by atoms with Crippen molar-refractivity contribution in [2.24, 2.45) is 21.7 Å². The van der Waals surface area contributed by atoms with Gasteiger partial charge in [0.1, 0.15) is 16.9 Å². The van der Waals surface area contributed by atoms with Crippen molar-refractivity contribution in [1.82, 2.24) is 0 Å². The Morgan fingerprint density at radius 3 is 1.73 bits per heavy atom. The molecule has 0 spiro atoms. The van der Waals surface area contributed by atoms with Crippen LogP contribution in [0.4, 0.5) is 0 Å². The molecular formula is C38H44O11. The molecule has 4 heterocycles. The smallest absolute Gasteiger partial charge is 0.351 e. The number of carbonyl (C=O) groups excluding carboxylic acids is 4. The van der Waals surface area contributed by atoms with Crippen LogP contribution in [0.2, 0.25) is 0 Å². The van der Waals surface area contributed by atoms with E-state index in [4.69, 9.17) is 28.1 Å². The summed E-state index contributed by atoms with van der Waals surface area (Å²) in [7, 11) is 0. The fourth-order valence-corrected chi connectivity index (χ4v) is 9.88. The summed E-state index contributed by atoms with van der Waals surface area (Å²) in [4.78, 5) is 68.8. The average Bonchev–Trinajstić information content (AvgIpc) is 3.50. The Labute approximate surface area is 284 Å². The highest BCUT2D eigenvalue weighted by Crippen LogP contribution is 2.67. The van der Waals surface area contributed by atoms with Crippen LogP contribution in [0.5, 0.6) is 5.75 Å². The normalized spacial score (nSPS) is 37.1. The third-order valence-corrected chi connectivity index (χ3v) is 14.3. The topological polar surface area (TPSA) is 145 Å². The minimum Gasteiger partial charge on any atom is -0.483 e. The van der Waals surface area contributed by atoms with Gasteiger partial charge in [0.25, 0.3) is 0 Å². The first-order chi connectivity index (χ1) is 22.8. The number of rotatable bonds is 4. The summed E-state index contributed by atoms with van der Waals surface area (Å²) in [6, 6.07) is 3.62. The quantitative estimate of drug-likeness (QED) is 0.227. The largest absolute Gasteiger partial charge is 0.483 e. The zero-order chi connectivity index (χ0) is 35.3. The average molecular weight is 677 g/mol. The van der Waals surface area contributed by atoms with Crippen molar-refractivity contribution in [1.29, 1.82) is 0 Å². The molecule has 2 saturated heterocycles. The van der Waals surface area contributed by atoms with Gasteiger partial charge in [-0.3, -0.25) is 9.59 Å². The summed E-state index contributed by atoms with van der Waals surface area (Å²) >= 11 is 0. The Morgan fingerprint density at radius 1 is 0.694 bits per heavy atom. The van der Waals surface area contributed by atoms with Gasteiger partial charge in [0.15, 0.2) is 12.2 Å². The molecule has 0 radical (unpaired) electrons. The van der Waals surface area contributed by atoms with E-state index in [-0.39, 0.29) is 24.0 Å². The van der Waals surface area contributed by atoms with Crippen LogP contribution in [0.15, 0.2) is 21.3 Å². The number of fused-ring (bicyclic) bond motifs is 9. The summed E-state index contributed by atoms with van der Waals surface area (Å²) in [5.74, 6) is -2.17. The number of carbonyl (C=O) groups is 4. The van der Waals surface area contributed by atoms with Crippen LogP contribution in [-0.4, -0.2) is 46.8 Å². The predicted molar refractivity (Wildman–Crippen MR) is 172 cm³/mol. The minimum atomic E-state index is -1.59. The summed E-state index contributed by atoms with van der Waals surface area (Å²) in [6.07, 6.45) is 1.84. The number of aryl methyl sites for hydroxylation is 1. The Hall–Kier alpha value is -3.89. The molecule has 1 aromatic carbocycles. The molecule has 2 saturated carbocycles. The molecule has 262 valence electrons. The van der Waals surface area contributed by atoms with Crippen LogP contribution in [0, 0.1) is 21.7 Å². The summed E-state index contributed by atoms with van der Waals surface area (Å²) in [5, 5.41) is 0.692. The minimum absolute atomic E-state index is 0.188. The lowest BCUT2D eigenvalue weighted by molar-refractivity contribution is -0.217. The molecule has 2 aromatic rings. The molecule has 0 N–H and O–H groups in total. The Kier molecular flexibility index (Phi) is 6.24. The molecule has 11 nitrogen and oxygen atoms in total. The van der Waals surface area contributed by atoms with Crippen LogP contribution < -0.4 is 10.4 Å². The van der Waals surface area contributed by atoms with E-state index in [0.29, 0.717) is 42.4 Å². The van der Waals surface area contributed by atoms with Gasteiger partial charge in [-0.05, 0) is 96.8 Å². The van der Waals surface area contributed by atoms with Crippen molar-refractivity contribution < 1.29 is 47.3 Å². The molecule has 8 rings (SSSR count). The van der Waals surface area contributed by atoms with E-state index >= 15 is 0 Å². The summed E-state index contributed by atoms with van der Waals surface area (Å²) in [5.41, 5.74) is -6.55. The van der Waals surface area contributed by atoms with E-state index in [9.17, 15) is 24.0 Å². The van der Waals surface area contributed by atoms with Gasteiger partial charge in [-0.25, -0.2) is 14.4 Å². The molecule has 11 heteroatoms. The van der Waals surface area contributed by atoms with E-state index < -0.39 is 80.2 Å². The van der Waals surface area contributed by atoms with Gasteiger partial charge in [0.2, 0.25) is 11.2 Å². The molecule has 0 amide bonds. The number of hydrogen-bond acceptors (Lipinski definition) is 11. The van der Waals surface area contributed by atoms with E-state index in [2.05, 4.69) is 0 Å². The number of ether oxygens (including phenoxy) is 5. The number of hydrogen-bond donors (Lipinski definition) is 0. The van der Waals surface area contributed by atoms with Crippen LogP contribution >= 0.6 is 0 Å². The van der Waals surface area contributed by atoms with Gasteiger partial charge >= 0.3 is 29.5 Å². The molecule has 49 heavy (non-hydrogen) atoms. The van der Waals surface area contributed by atoms with Crippen molar-refractivity contribution in [3.63, 3.8) is 0 Å². The molecule has 1 aromatic heterocycles. The first kappa shape index (κ1) is 32.3. The highest BCUT2D eigenvalue weighted by Gasteiger charge is 2.78. The summed E-state index contributed by atoms with van der Waals surface area (Å²) < 4.78 is 37.2. The highest BCUT2D eigenvalue weighted by atomic mass is 16.7. The lowest BCUT2D eigenvalue weighted by Gasteiger charge is -2.46. The Balaban J connectivity index is 1.28.